The summed E-state index contributed by atoms with van der Waals surface area (Å²) in [5.74, 6) is 2.02. The molecule has 0 saturated heterocycles. The van der Waals surface area contributed by atoms with E-state index in [-0.39, 0.29) is 0 Å². The predicted molar refractivity (Wildman–Crippen MR) is 148 cm³/mol. The van der Waals surface area contributed by atoms with Gasteiger partial charge in [-0.15, -0.1) is 10.2 Å². The van der Waals surface area contributed by atoms with Crippen molar-refractivity contribution in [3.05, 3.63) is 101 Å². The third-order valence-corrected chi connectivity index (χ3v) is 7.70. The van der Waals surface area contributed by atoms with E-state index in [9.17, 15) is 0 Å². The quantitative estimate of drug-likeness (QED) is 0.225. The SMILES string of the molecule is Clc1ccc(-c2ccc(-c3cc(-c4nn5c(-c6ccccc6)nnc5s4)c4ccccc4n3)o2)cc1Cl. The number of benzene rings is 3. The minimum absolute atomic E-state index is 0.473. The standard InChI is InChI=1S/C28H15Cl2N5OS/c29-20-11-10-17(14-21(20)30)24-12-13-25(36-24)23-15-19(18-8-4-5-9-22(18)31-23)27-34-35-26(32-33-28(35)37-27)16-6-2-1-3-7-16/h1-15H. The highest BCUT2D eigenvalue weighted by molar-refractivity contribution is 7.20. The van der Waals surface area contributed by atoms with Crippen molar-refractivity contribution in [1.82, 2.24) is 24.8 Å². The van der Waals surface area contributed by atoms with E-state index in [1.165, 1.54) is 11.3 Å². The van der Waals surface area contributed by atoms with Gasteiger partial charge in [-0.25, -0.2) is 4.98 Å². The molecule has 0 fully saturated rings. The van der Waals surface area contributed by atoms with Gasteiger partial charge in [0.1, 0.15) is 16.5 Å². The molecule has 7 rings (SSSR count). The van der Waals surface area contributed by atoms with Crippen LogP contribution in [0.2, 0.25) is 10.0 Å². The molecule has 0 amide bonds. The Bertz CT molecular complexity index is 1930. The van der Waals surface area contributed by atoms with Crippen LogP contribution in [0.3, 0.4) is 0 Å². The molecule has 0 atom stereocenters. The Morgan fingerprint density at radius 2 is 1.54 bits per heavy atom. The second-order valence-corrected chi connectivity index (χ2v) is 10.1. The van der Waals surface area contributed by atoms with E-state index in [0.29, 0.717) is 33.1 Å². The summed E-state index contributed by atoms with van der Waals surface area (Å²) in [5.41, 5.74) is 4.29. The zero-order valence-electron chi connectivity index (χ0n) is 19.0. The van der Waals surface area contributed by atoms with Crippen LogP contribution in [0.15, 0.2) is 95.4 Å². The third-order valence-electron chi connectivity index (χ3n) is 6.03. The molecule has 4 heterocycles. The third kappa shape index (κ3) is 3.88. The molecule has 0 radical (unpaired) electrons. The predicted octanol–water partition coefficient (Wildman–Crippen LogP) is 8.30. The van der Waals surface area contributed by atoms with E-state index >= 15 is 0 Å². The maximum Gasteiger partial charge on any atom is 0.235 e. The Labute approximate surface area is 224 Å². The van der Waals surface area contributed by atoms with Crippen molar-refractivity contribution in [1.29, 1.82) is 0 Å². The van der Waals surface area contributed by atoms with Crippen LogP contribution in [0.4, 0.5) is 0 Å². The fourth-order valence-electron chi connectivity index (χ4n) is 4.25. The lowest BCUT2D eigenvalue weighted by molar-refractivity contribution is 0.595. The molecule has 6 nitrogen and oxygen atoms in total. The Hall–Kier alpha value is -4.04. The van der Waals surface area contributed by atoms with Crippen molar-refractivity contribution in [3.63, 3.8) is 0 Å². The number of halogens is 2. The van der Waals surface area contributed by atoms with Gasteiger partial charge in [0.2, 0.25) is 4.96 Å². The molecule has 0 saturated carbocycles. The van der Waals surface area contributed by atoms with E-state index in [2.05, 4.69) is 10.2 Å². The number of para-hydroxylation sites is 1. The maximum absolute atomic E-state index is 6.21. The fourth-order valence-corrected chi connectivity index (χ4v) is 5.42. The van der Waals surface area contributed by atoms with Crippen LogP contribution in [-0.4, -0.2) is 24.8 Å². The molecule has 178 valence electrons. The smallest absolute Gasteiger partial charge is 0.235 e. The van der Waals surface area contributed by atoms with E-state index < -0.39 is 0 Å². The van der Waals surface area contributed by atoms with Crippen molar-refractivity contribution in [2.24, 2.45) is 0 Å². The van der Waals surface area contributed by atoms with Crippen molar-refractivity contribution in [3.8, 4) is 44.7 Å². The van der Waals surface area contributed by atoms with Crippen LogP contribution < -0.4 is 0 Å². The number of nitrogens with zero attached hydrogens (tertiary/aromatic N) is 5. The highest BCUT2D eigenvalue weighted by Gasteiger charge is 2.19. The fraction of sp³-hybridized carbons (Fsp3) is 0. The number of aromatic nitrogens is 5. The van der Waals surface area contributed by atoms with E-state index in [1.54, 1.807) is 16.6 Å². The summed E-state index contributed by atoms with van der Waals surface area (Å²) in [6.45, 7) is 0. The highest BCUT2D eigenvalue weighted by Crippen LogP contribution is 2.37. The van der Waals surface area contributed by atoms with Crippen LogP contribution in [-0.2, 0) is 0 Å². The average Bonchev–Trinajstić information content (AvgIpc) is 3.67. The number of furan rings is 1. The summed E-state index contributed by atoms with van der Waals surface area (Å²) < 4.78 is 7.99. The molecule has 0 bridgehead atoms. The molecular weight excluding hydrogens is 525 g/mol. The highest BCUT2D eigenvalue weighted by atomic mass is 35.5. The Balaban J connectivity index is 1.36. The van der Waals surface area contributed by atoms with Crippen LogP contribution in [0.1, 0.15) is 0 Å². The second-order valence-electron chi connectivity index (χ2n) is 8.36. The molecule has 0 spiro atoms. The summed E-state index contributed by atoms with van der Waals surface area (Å²) in [7, 11) is 0. The second kappa shape index (κ2) is 8.81. The minimum atomic E-state index is 0.473. The summed E-state index contributed by atoms with van der Waals surface area (Å²) >= 11 is 13.8. The number of hydrogen-bond donors (Lipinski definition) is 0. The Morgan fingerprint density at radius 3 is 2.41 bits per heavy atom. The number of rotatable bonds is 4. The van der Waals surface area contributed by atoms with E-state index in [4.69, 9.17) is 37.7 Å². The number of pyridine rings is 1. The molecule has 3 aromatic carbocycles. The molecule has 4 aromatic heterocycles. The first-order valence-electron chi connectivity index (χ1n) is 11.4. The molecule has 0 N–H and O–H groups in total. The van der Waals surface area contributed by atoms with Crippen LogP contribution in [0.5, 0.6) is 0 Å². The molecular formula is C28H15Cl2N5OS. The topological polar surface area (TPSA) is 69.1 Å². The molecule has 9 heteroatoms. The van der Waals surface area contributed by atoms with Gasteiger partial charge in [-0.2, -0.15) is 9.61 Å². The van der Waals surface area contributed by atoms with Crippen LogP contribution >= 0.6 is 34.5 Å². The minimum Gasteiger partial charge on any atom is -0.454 e. The van der Waals surface area contributed by atoms with Crippen molar-refractivity contribution >= 4 is 50.4 Å². The summed E-state index contributed by atoms with van der Waals surface area (Å²) in [4.78, 5) is 5.60. The molecule has 0 aliphatic heterocycles. The maximum atomic E-state index is 6.21. The van der Waals surface area contributed by atoms with Gasteiger partial charge in [0.25, 0.3) is 0 Å². The normalized spacial score (nSPS) is 11.5. The largest absolute Gasteiger partial charge is 0.454 e. The average molecular weight is 540 g/mol. The monoisotopic (exact) mass is 539 g/mol. The Kier molecular flexibility index (Phi) is 5.28. The zero-order chi connectivity index (χ0) is 24.9. The van der Waals surface area contributed by atoms with Gasteiger partial charge in [0.05, 0.1) is 15.6 Å². The summed E-state index contributed by atoms with van der Waals surface area (Å²) in [6.07, 6.45) is 0. The van der Waals surface area contributed by atoms with Gasteiger partial charge in [-0.1, -0.05) is 83.1 Å². The number of hydrogen-bond acceptors (Lipinski definition) is 6. The number of fused-ring (bicyclic) bond motifs is 2. The molecule has 0 aliphatic rings. The summed E-state index contributed by atoms with van der Waals surface area (Å²) in [5, 5.41) is 16.4. The van der Waals surface area contributed by atoms with Crippen molar-refractivity contribution < 1.29 is 4.42 Å². The van der Waals surface area contributed by atoms with Gasteiger partial charge in [-0.3, -0.25) is 0 Å². The van der Waals surface area contributed by atoms with Crippen molar-refractivity contribution in [2.45, 2.75) is 0 Å². The van der Waals surface area contributed by atoms with Crippen LogP contribution in [0, 0.1) is 0 Å². The van der Waals surface area contributed by atoms with E-state index in [1.807, 2.05) is 78.9 Å². The molecule has 7 aromatic rings. The lowest BCUT2D eigenvalue weighted by Gasteiger charge is -2.06. The van der Waals surface area contributed by atoms with E-state index in [0.717, 1.165) is 37.6 Å². The first-order valence-corrected chi connectivity index (χ1v) is 12.9. The first-order chi connectivity index (χ1) is 18.1. The molecule has 0 unspecified atom stereocenters. The van der Waals surface area contributed by atoms with Gasteiger partial charge in [-0.05, 0) is 42.5 Å². The van der Waals surface area contributed by atoms with Gasteiger partial charge < -0.3 is 4.42 Å². The van der Waals surface area contributed by atoms with Gasteiger partial charge in [0.15, 0.2) is 11.6 Å². The molecule has 37 heavy (non-hydrogen) atoms. The Morgan fingerprint density at radius 1 is 0.730 bits per heavy atom. The van der Waals surface area contributed by atoms with Gasteiger partial charge >= 0.3 is 0 Å². The molecule has 0 aliphatic carbocycles. The van der Waals surface area contributed by atoms with Gasteiger partial charge in [0, 0.05) is 22.1 Å². The lowest BCUT2D eigenvalue weighted by atomic mass is 10.1. The first kappa shape index (κ1) is 22.2. The summed E-state index contributed by atoms with van der Waals surface area (Å²) in [6, 6.07) is 29.2. The van der Waals surface area contributed by atoms with Crippen molar-refractivity contribution in [2.75, 3.05) is 0 Å². The lowest BCUT2D eigenvalue weighted by Crippen LogP contribution is -1.92. The zero-order valence-corrected chi connectivity index (χ0v) is 21.3. The van der Waals surface area contributed by atoms with Crippen LogP contribution in [0.25, 0.3) is 60.6 Å².